The van der Waals surface area contributed by atoms with Gasteiger partial charge in [-0.15, -0.1) is 11.6 Å². The minimum Gasteiger partial charge on any atom is -0.342 e. The third-order valence-corrected chi connectivity index (χ3v) is 4.04. The number of alkyl halides is 1. The second-order valence-electron chi connectivity index (χ2n) is 5.63. The fourth-order valence-electron chi connectivity index (χ4n) is 2.78. The molecular weight excluding hydrogens is 270 g/mol. The van der Waals surface area contributed by atoms with Gasteiger partial charge in [0, 0.05) is 13.1 Å². The number of carbonyl (C=O) groups excluding carboxylic acids is 1. The second kappa shape index (κ2) is 6.94. The third-order valence-electron chi connectivity index (χ3n) is 3.81. The van der Waals surface area contributed by atoms with Gasteiger partial charge < -0.3 is 4.90 Å². The van der Waals surface area contributed by atoms with Gasteiger partial charge >= 0.3 is 0 Å². The van der Waals surface area contributed by atoms with E-state index in [0.717, 1.165) is 25.9 Å². The van der Waals surface area contributed by atoms with Crippen molar-refractivity contribution in [1.29, 1.82) is 0 Å². The highest BCUT2D eigenvalue weighted by Crippen LogP contribution is 2.20. The number of aryl methyl sites for hydroxylation is 2. The average molecular weight is 292 g/mol. The van der Waals surface area contributed by atoms with E-state index in [1.54, 1.807) is 0 Å². The molecule has 0 atom stereocenters. The summed E-state index contributed by atoms with van der Waals surface area (Å²) in [6, 6.07) is 6.60. The maximum absolute atomic E-state index is 11.5. The molecule has 1 heterocycles. The van der Waals surface area contributed by atoms with E-state index in [4.69, 9.17) is 11.6 Å². The lowest BCUT2D eigenvalue weighted by Crippen LogP contribution is -2.38. The molecule has 1 aliphatic rings. The van der Waals surface area contributed by atoms with Gasteiger partial charge in [-0.3, -0.25) is 4.79 Å². The molecule has 20 heavy (non-hydrogen) atoms. The van der Waals surface area contributed by atoms with Crippen LogP contribution in [0, 0.1) is 19.8 Å². The van der Waals surface area contributed by atoms with Gasteiger partial charge in [0.25, 0.3) is 0 Å². The zero-order valence-corrected chi connectivity index (χ0v) is 13.0. The predicted molar refractivity (Wildman–Crippen MR) is 85.0 cm³/mol. The molecule has 2 nitrogen and oxygen atoms in total. The Kier molecular flexibility index (Phi) is 5.24. The summed E-state index contributed by atoms with van der Waals surface area (Å²) in [6.07, 6.45) is 6.56. The Morgan fingerprint density at radius 3 is 2.40 bits per heavy atom. The molecule has 1 aliphatic heterocycles. The highest BCUT2D eigenvalue weighted by atomic mass is 35.5. The first kappa shape index (κ1) is 15.1. The Balaban J connectivity index is 1.92. The molecule has 0 unspecified atom stereocenters. The number of amides is 1. The summed E-state index contributed by atoms with van der Waals surface area (Å²) in [4.78, 5) is 13.4. The van der Waals surface area contributed by atoms with E-state index in [0.29, 0.717) is 5.92 Å². The van der Waals surface area contributed by atoms with Crippen LogP contribution >= 0.6 is 11.6 Å². The van der Waals surface area contributed by atoms with Crippen LogP contribution in [0.2, 0.25) is 0 Å². The minimum atomic E-state index is 0.0587. The highest BCUT2D eigenvalue weighted by molar-refractivity contribution is 6.27. The Morgan fingerprint density at radius 2 is 1.85 bits per heavy atom. The second-order valence-corrected chi connectivity index (χ2v) is 5.90. The summed E-state index contributed by atoms with van der Waals surface area (Å²) in [7, 11) is 0. The normalized spacial score (nSPS) is 16.9. The number of hydrogen-bond donors (Lipinski definition) is 0. The molecule has 0 bridgehead atoms. The van der Waals surface area contributed by atoms with Gasteiger partial charge in [-0.1, -0.05) is 41.5 Å². The third kappa shape index (κ3) is 4.11. The summed E-state index contributed by atoms with van der Waals surface area (Å²) in [5, 5.41) is 0. The molecule has 1 aromatic carbocycles. The van der Waals surface area contributed by atoms with E-state index in [-0.39, 0.29) is 11.8 Å². The molecule has 1 saturated heterocycles. The maximum atomic E-state index is 11.5. The average Bonchev–Trinajstić information content (AvgIpc) is 2.44. The van der Waals surface area contributed by atoms with Crippen molar-refractivity contribution >= 4 is 23.6 Å². The van der Waals surface area contributed by atoms with Crippen molar-refractivity contribution in [3.8, 4) is 0 Å². The molecule has 2 rings (SSSR count). The van der Waals surface area contributed by atoms with Crippen LogP contribution < -0.4 is 0 Å². The van der Waals surface area contributed by atoms with E-state index >= 15 is 0 Å². The Hall–Kier alpha value is -1.28. The number of hydrogen-bond acceptors (Lipinski definition) is 1. The number of carbonyl (C=O) groups is 1. The lowest BCUT2D eigenvalue weighted by Gasteiger charge is -2.30. The monoisotopic (exact) mass is 291 g/mol. The smallest absolute Gasteiger partial charge is 0.237 e. The molecule has 108 valence electrons. The van der Waals surface area contributed by atoms with Crippen molar-refractivity contribution < 1.29 is 4.79 Å². The van der Waals surface area contributed by atoms with Crippen molar-refractivity contribution in [3.05, 3.63) is 41.0 Å². The molecule has 0 radical (unpaired) electrons. The van der Waals surface area contributed by atoms with Gasteiger partial charge in [-0.25, -0.2) is 0 Å². The summed E-state index contributed by atoms with van der Waals surface area (Å²) in [5.41, 5.74) is 3.86. The van der Waals surface area contributed by atoms with Crippen LogP contribution in [0.15, 0.2) is 24.3 Å². The van der Waals surface area contributed by atoms with E-state index in [1.807, 2.05) is 4.90 Å². The zero-order chi connectivity index (χ0) is 14.5. The van der Waals surface area contributed by atoms with E-state index in [2.05, 4.69) is 44.2 Å². The van der Waals surface area contributed by atoms with Crippen LogP contribution in [0.1, 0.15) is 29.5 Å². The van der Waals surface area contributed by atoms with E-state index in [1.165, 1.54) is 16.7 Å². The molecule has 1 amide bonds. The van der Waals surface area contributed by atoms with Gasteiger partial charge in [-0.05, 0) is 38.2 Å². The molecule has 0 aliphatic carbocycles. The number of nitrogens with zero attached hydrogens (tertiary/aromatic N) is 1. The Morgan fingerprint density at radius 1 is 1.25 bits per heavy atom. The summed E-state index contributed by atoms with van der Waals surface area (Å²) < 4.78 is 0. The SMILES string of the molecule is Cc1cc(C)cc(/C=C/C2CCN(C(=O)CCl)CC2)c1. The molecule has 3 heteroatoms. The van der Waals surface area contributed by atoms with Crippen molar-refractivity contribution in [2.45, 2.75) is 26.7 Å². The summed E-state index contributed by atoms with van der Waals surface area (Å²) in [5.74, 6) is 0.724. The lowest BCUT2D eigenvalue weighted by molar-refractivity contribution is -0.129. The summed E-state index contributed by atoms with van der Waals surface area (Å²) >= 11 is 5.59. The topological polar surface area (TPSA) is 20.3 Å². The van der Waals surface area contributed by atoms with Crippen molar-refractivity contribution in [3.63, 3.8) is 0 Å². The van der Waals surface area contributed by atoms with Gasteiger partial charge in [0.2, 0.25) is 5.91 Å². The van der Waals surface area contributed by atoms with E-state index < -0.39 is 0 Å². The fraction of sp³-hybridized carbons (Fsp3) is 0.471. The van der Waals surface area contributed by atoms with Gasteiger partial charge in [0.1, 0.15) is 5.88 Å². The number of benzene rings is 1. The van der Waals surface area contributed by atoms with Crippen LogP contribution in [0.3, 0.4) is 0 Å². The molecule has 1 aromatic rings. The van der Waals surface area contributed by atoms with Gasteiger partial charge in [0.05, 0.1) is 0 Å². The van der Waals surface area contributed by atoms with Gasteiger partial charge in [0.15, 0.2) is 0 Å². The number of piperidine rings is 1. The molecule has 0 spiro atoms. The highest BCUT2D eigenvalue weighted by Gasteiger charge is 2.20. The molecular formula is C17H22ClNO. The predicted octanol–water partition coefficient (Wildman–Crippen LogP) is 3.79. The zero-order valence-electron chi connectivity index (χ0n) is 12.2. The first-order valence-corrected chi connectivity index (χ1v) is 7.72. The van der Waals surface area contributed by atoms with Crippen LogP contribution in [0.25, 0.3) is 6.08 Å². The number of rotatable bonds is 3. The van der Waals surface area contributed by atoms with Crippen LogP contribution in [-0.4, -0.2) is 29.8 Å². The largest absolute Gasteiger partial charge is 0.342 e. The Bertz CT molecular complexity index is 481. The van der Waals surface area contributed by atoms with Crippen molar-refractivity contribution in [2.75, 3.05) is 19.0 Å². The first-order valence-electron chi connectivity index (χ1n) is 7.18. The minimum absolute atomic E-state index is 0.0587. The molecule has 1 fully saturated rings. The van der Waals surface area contributed by atoms with E-state index in [9.17, 15) is 4.79 Å². The standard InChI is InChI=1S/C17H22ClNO/c1-13-9-14(2)11-16(10-13)4-3-15-5-7-19(8-6-15)17(20)12-18/h3-4,9-11,15H,5-8,12H2,1-2H3/b4-3+. The number of likely N-dealkylation sites (tertiary alicyclic amines) is 1. The quantitative estimate of drug-likeness (QED) is 0.776. The first-order chi connectivity index (χ1) is 9.58. The van der Waals surface area contributed by atoms with Crippen LogP contribution in [0.4, 0.5) is 0 Å². The maximum Gasteiger partial charge on any atom is 0.237 e. The Labute approximate surface area is 126 Å². The number of allylic oxidation sites excluding steroid dienone is 1. The molecule has 0 aromatic heterocycles. The van der Waals surface area contributed by atoms with Crippen LogP contribution in [-0.2, 0) is 4.79 Å². The fourth-order valence-corrected chi connectivity index (χ4v) is 2.95. The van der Waals surface area contributed by atoms with Crippen molar-refractivity contribution in [1.82, 2.24) is 4.90 Å². The van der Waals surface area contributed by atoms with Gasteiger partial charge in [-0.2, -0.15) is 0 Å². The molecule has 0 N–H and O–H groups in total. The lowest BCUT2D eigenvalue weighted by atomic mass is 9.95. The number of halogens is 1. The summed E-state index contributed by atoms with van der Waals surface area (Å²) in [6.45, 7) is 5.90. The van der Waals surface area contributed by atoms with Crippen molar-refractivity contribution in [2.24, 2.45) is 5.92 Å². The van der Waals surface area contributed by atoms with Crippen LogP contribution in [0.5, 0.6) is 0 Å². The molecule has 0 saturated carbocycles.